The van der Waals surface area contributed by atoms with Gasteiger partial charge in [-0.25, -0.2) is 4.79 Å². The highest BCUT2D eigenvalue weighted by Gasteiger charge is 2.27. The quantitative estimate of drug-likeness (QED) is 0.0244. The third kappa shape index (κ3) is 13.1. The molecular formula is C45H32N10O17S6. The Bertz CT molecular complexity index is 4070. The van der Waals surface area contributed by atoms with E-state index in [9.17, 15) is 66.9 Å². The molecule has 400 valence electrons. The second-order valence-electron chi connectivity index (χ2n) is 15.8. The fourth-order valence-electron chi connectivity index (χ4n) is 7.16. The van der Waals surface area contributed by atoms with Crippen molar-refractivity contribution in [3.63, 3.8) is 0 Å². The SMILES string of the molecule is O=C(Nc1ccc2c(S(=O)(=O)O)c(N=Nc3ccc(N=Nc4ccc(SO)cc4)cc3S(=O)(=O)O)c(O)cc2c1)Nc1ccc2c(S(=O)(=O)O)c(N=Nc3ccc(N=Nc4ccc(SO)cc4)cc3S(=O)(=O)O)c(O)cc2c1. The molecule has 2 amide bonds. The first-order valence-corrected chi connectivity index (χ1v) is 28.5. The van der Waals surface area contributed by atoms with Gasteiger partial charge in [0.25, 0.3) is 40.5 Å². The Morgan fingerprint density at radius 1 is 0.397 bits per heavy atom. The van der Waals surface area contributed by atoms with E-state index in [0.29, 0.717) is 45.3 Å². The summed E-state index contributed by atoms with van der Waals surface area (Å²) in [5.74, 6) is -1.81. The lowest BCUT2D eigenvalue weighted by molar-refractivity contribution is 0.262. The van der Waals surface area contributed by atoms with E-state index in [1.54, 1.807) is 24.3 Å². The third-order valence-corrected chi connectivity index (χ3v) is 15.1. The Labute approximate surface area is 448 Å². The summed E-state index contributed by atoms with van der Waals surface area (Å²) >= 11 is 1.01. The standard InChI is InChI=1S/C45H32N10O17S6/c56-37-19-23-17-27(5-13-33(23)43(77(67,68)69)41(37)54-52-35-15-7-29(21-39(35)75(61,62)63)50-48-25-1-9-31(73-59)10-2-25)46-45(58)47-28-6-14-34-24(18-28)20-38(57)42(44(34)78(70,71)72)55-53-36-16-8-30(22-40(36)76(64,65)66)51-49-26-3-11-32(74-60)12-4-26/h1-22,56-57,59-60H,(H2,46,47,58)(H,61,62,63)(H,64,65,66)(H,67,68,69)(H,70,71,72). The van der Waals surface area contributed by atoms with Crippen LogP contribution in [0.4, 0.5) is 61.7 Å². The molecule has 0 spiro atoms. The molecule has 0 saturated heterocycles. The van der Waals surface area contributed by atoms with Crippen molar-refractivity contribution >= 4 is 149 Å². The molecule has 0 aliphatic carbocycles. The molecule has 0 radical (unpaired) electrons. The minimum absolute atomic E-state index is 0.0333. The Kier molecular flexibility index (Phi) is 16.1. The smallest absolute Gasteiger partial charge is 0.323 e. The van der Waals surface area contributed by atoms with Gasteiger partial charge in [0, 0.05) is 56.0 Å². The van der Waals surface area contributed by atoms with Crippen LogP contribution in [0.5, 0.6) is 11.5 Å². The molecule has 10 N–H and O–H groups in total. The maximum absolute atomic E-state index is 13.3. The zero-order valence-corrected chi connectivity index (χ0v) is 43.4. The molecule has 0 fully saturated rings. The number of carbonyl (C=O) groups is 1. The number of phenolic OH excluding ortho intramolecular Hbond substituents is 2. The van der Waals surface area contributed by atoms with Gasteiger partial charge in [-0.15, -0.1) is 20.5 Å². The van der Waals surface area contributed by atoms with Crippen LogP contribution >= 0.6 is 24.1 Å². The van der Waals surface area contributed by atoms with Crippen LogP contribution in [0.15, 0.2) is 204 Å². The van der Waals surface area contributed by atoms with Gasteiger partial charge in [-0.1, -0.05) is 12.1 Å². The fourth-order valence-corrected chi connectivity index (χ4v) is 10.7. The average molecular weight is 1180 g/mol. The normalized spacial score (nSPS) is 12.7. The fraction of sp³-hybridized carbons (Fsp3) is 0. The predicted octanol–water partition coefficient (Wildman–Crippen LogP) is 12.8. The number of fused-ring (bicyclic) bond motifs is 2. The van der Waals surface area contributed by atoms with Crippen LogP contribution in [-0.2, 0) is 40.5 Å². The number of aromatic hydroxyl groups is 2. The van der Waals surface area contributed by atoms with Crippen LogP contribution in [-0.4, -0.2) is 77.2 Å². The summed E-state index contributed by atoms with van der Waals surface area (Å²) in [6.45, 7) is 0. The molecule has 0 aliphatic heterocycles. The van der Waals surface area contributed by atoms with Gasteiger partial charge in [-0.2, -0.15) is 54.1 Å². The zero-order valence-electron chi connectivity index (χ0n) is 38.5. The Balaban J connectivity index is 1.03. The molecule has 0 bridgehead atoms. The van der Waals surface area contributed by atoms with Gasteiger partial charge in [0.15, 0.2) is 0 Å². The Morgan fingerprint density at radius 3 is 1.08 bits per heavy atom. The maximum atomic E-state index is 13.3. The van der Waals surface area contributed by atoms with Crippen LogP contribution in [0, 0.1) is 0 Å². The van der Waals surface area contributed by atoms with Crippen molar-refractivity contribution in [2.75, 3.05) is 10.6 Å². The molecule has 0 saturated carbocycles. The van der Waals surface area contributed by atoms with E-state index in [0.717, 1.165) is 48.5 Å². The molecule has 0 aromatic heterocycles. The van der Waals surface area contributed by atoms with Gasteiger partial charge < -0.3 is 30.0 Å². The van der Waals surface area contributed by atoms with E-state index in [1.807, 2.05) is 0 Å². The van der Waals surface area contributed by atoms with Crippen molar-refractivity contribution in [3.05, 3.63) is 133 Å². The van der Waals surface area contributed by atoms with Crippen LogP contribution in [0.3, 0.4) is 0 Å². The molecule has 8 rings (SSSR count). The van der Waals surface area contributed by atoms with Gasteiger partial charge in [-0.05, 0) is 132 Å². The van der Waals surface area contributed by atoms with Gasteiger partial charge in [-0.3, -0.25) is 18.2 Å². The highest BCUT2D eigenvalue weighted by Crippen LogP contribution is 2.44. The molecule has 78 heavy (non-hydrogen) atoms. The Morgan fingerprint density at radius 2 is 0.744 bits per heavy atom. The summed E-state index contributed by atoms with van der Waals surface area (Å²) in [7, 11) is -20.6. The molecule has 0 unspecified atom stereocenters. The monoisotopic (exact) mass is 1180 g/mol. The summed E-state index contributed by atoms with van der Waals surface area (Å²) in [5, 5.41) is 56.9. The van der Waals surface area contributed by atoms with Crippen molar-refractivity contribution in [1.29, 1.82) is 0 Å². The van der Waals surface area contributed by atoms with Gasteiger partial charge in [0.2, 0.25) is 0 Å². The minimum Gasteiger partial charge on any atom is -0.506 e. The van der Waals surface area contributed by atoms with Crippen LogP contribution in [0.25, 0.3) is 21.5 Å². The number of phenols is 2. The molecule has 0 atom stereocenters. The molecule has 27 nitrogen and oxygen atoms in total. The van der Waals surface area contributed by atoms with Gasteiger partial charge >= 0.3 is 6.03 Å². The number of carbonyl (C=O) groups excluding carboxylic acids is 1. The molecule has 8 aromatic carbocycles. The zero-order chi connectivity index (χ0) is 56.3. The minimum atomic E-state index is -5.27. The number of anilines is 2. The number of amides is 2. The van der Waals surface area contributed by atoms with E-state index < -0.39 is 100 Å². The van der Waals surface area contributed by atoms with E-state index in [1.165, 1.54) is 60.7 Å². The summed E-state index contributed by atoms with van der Waals surface area (Å²) in [5.41, 5.74) is -2.40. The second kappa shape index (κ2) is 22.4. The molecule has 0 aliphatic rings. The number of nitrogens with zero attached hydrogens (tertiary/aromatic N) is 8. The molecular weight excluding hydrogens is 1140 g/mol. The number of azo groups is 4. The van der Waals surface area contributed by atoms with Crippen molar-refractivity contribution in [3.8, 4) is 11.5 Å². The first-order valence-electron chi connectivity index (χ1n) is 21.1. The van der Waals surface area contributed by atoms with Crippen molar-refractivity contribution < 1.29 is 76.0 Å². The number of rotatable bonds is 16. The van der Waals surface area contributed by atoms with Crippen molar-refractivity contribution in [2.45, 2.75) is 29.4 Å². The lowest BCUT2D eigenvalue weighted by Gasteiger charge is -2.13. The van der Waals surface area contributed by atoms with Crippen molar-refractivity contribution in [1.82, 2.24) is 0 Å². The number of urea groups is 1. The number of hydrogen-bond acceptors (Lipinski definition) is 23. The topological polar surface area (TPSA) is 438 Å². The predicted molar refractivity (Wildman–Crippen MR) is 283 cm³/mol. The maximum Gasteiger partial charge on any atom is 0.323 e. The summed E-state index contributed by atoms with van der Waals surface area (Å²) < 4.78 is 160. The third-order valence-electron chi connectivity index (χ3n) is 10.5. The second-order valence-corrected chi connectivity index (χ2v) is 22.6. The Hall–Kier alpha value is -8.19. The highest BCUT2D eigenvalue weighted by molar-refractivity contribution is 7.94. The molecule has 8 aromatic rings. The van der Waals surface area contributed by atoms with Crippen LogP contribution in [0.2, 0.25) is 0 Å². The van der Waals surface area contributed by atoms with Crippen LogP contribution < -0.4 is 10.6 Å². The van der Waals surface area contributed by atoms with E-state index in [2.05, 4.69) is 51.5 Å². The first kappa shape index (κ1) is 56.0. The van der Waals surface area contributed by atoms with E-state index in [4.69, 9.17) is 9.11 Å². The highest BCUT2D eigenvalue weighted by atomic mass is 32.2. The summed E-state index contributed by atoms with van der Waals surface area (Å²) in [6.07, 6.45) is 0. The first-order chi connectivity index (χ1) is 36.8. The summed E-state index contributed by atoms with van der Waals surface area (Å²) in [4.78, 5) is 10.6. The summed E-state index contributed by atoms with van der Waals surface area (Å²) in [6, 6.07) is 26.5. The number of nitrogens with one attached hydrogen (secondary N) is 2. The molecule has 0 heterocycles. The number of benzene rings is 8. The van der Waals surface area contributed by atoms with E-state index in [-0.39, 0.29) is 44.3 Å². The lowest BCUT2D eigenvalue weighted by Crippen LogP contribution is -2.19. The van der Waals surface area contributed by atoms with Gasteiger partial charge in [0.05, 0.1) is 22.7 Å². The van der Waals surface area contributed by atoms with Gasteiger partial charge in [0.1, 0.15) is 53.8 Å². The lowest BCUT2D eigenvalue weighted by atomic mass is 10.1. The van der Waals surface area contributed by atoms with E-state index >= 15 is 0 Å². The van der Waals surface area contributed by atoms with Crippen molar-refractivity contribution in [2.24, 2.45) is 40.9 Å². The molecule has 33 heteroatoms. The number of hydrogen-bond donors (Lipinski definition) is 10. The van der Waals surface area contributed by atoms with Crippen LogP contribution in [0.1, 0.15) is 0 Å². The largest absolute Gasteiger partial charge is 0.506 e. The average Bonchev–Trinajstić information content (AvgIpc) is 3.46.